The standard InChI is InChI=1S/C22H33NO2/c1-17-11-12-19(20(24)15-17)21(2,3)23-14-8-7-13-22(25,16-23)18-9-5-4-6-10-18/h4-10,17,19-20,24-25H,11-16H2,1-3H3/t17-,19-,20-,22-/m1/s1. The zero-order valence-electron chi connectivity index (χ0n) is 15.9. The van der Waals surface area contributed by atoms with Gasteiger partial charge in [0, 0.05) is 24.5 Å². The van der Waals surface area contributed by atoms with E-state index in [-0.39, 0.29) is 17.6 Å². The van der Waals surface area contributed by atoms with Crippen LogP contribution in [0.25, 0.3) is 0 Å². The fourth-order valence-corrected chi connectivity index (χ4v) is 4.73. The molecule has 0 amide bonds. The maximum absolute atomic E-state index is 11.4. The minimum absolute atomic E-state index is 0.156. The highest BCUT2D eigenvalue weighted by molar-refractivity contribution is 5.25. The van der Waals surface area contributed by atoms with E-state index in [1.54, 1.807) is 0 Å². The Morgan fingerprint density at radius 3 is 2.52 bits per heavy atom. The monoisotopic (exact) mass is 343 g/mol. The second-order valence-corrected chi connectivity index (χ2v) is 8.70. The lowest BCUT2D eigenvalue weighted by Gasteiger charge is -2.49. The number of β-amino-alcohol motifs (C(OH)–C–C–N with tert-alkyl or cyclic N) is 1. The van der Waals surface area contributed by atoms with Gasteiger partial charge in [-0.25, -0.2) is 0 Å². The molecule has 0 spiro atoms. The second-order valence-electron chi connectivity index (χ2n) is 8.70. The third-order valence-electron chi connectivity index (χ3n) is 6.51. The Morgan fingerprint density at radius 1 is 1.12 bits per heavy atom. The van der Waals surface area contributed by atoms with Crippen molar-refractivity contribution in [1.29, 1.82) is 0 Å². The summed E-state index contributed by atoms with van der Waals surface area (Å²) < 4.78 is 0. The number of aliphatic hydroxyl groups excluding tert-OH is 1. The van der Waals surface area contributed by atoms with Crippen LogP contribution >= 0.6 is 0 Å². The van der Waals surface area contributed by atoms with Gasteiger partial charge in [0.05, 0.1) is 6.10 Å². The molecule has 0 unspecified atom stereocenters. The van der Waals surface area contributed by atoms with Crippen molar-refractivity contribution >= 4 is 0 Å². The molecule has 1 heterocycles. The van der Waals surface area contributed by atoms with E-state index in [4.69, 9.17) is 0 Å². The van der Waals surface area contributed by atoms with Crippen molar-refractivity contribution in [2.24, 2.45) is 11.8 Å². The molecule has 3 rings (SSSR count). The van der Waals surface area contributed by atoms with Gasteiger partial charge < -0.3 is 10.2 Å². The van der Waals surface area contributed by atoms with E-state index in [0.29, 0.717) is 18.9 Å². The summed E-state index contributed by atoms with van der Waals surface area (Å²) >= 11 is 0. The average molecular weight is 344 g/mol. The third kappa shape index (κ3) is 3.84. The molecule has 0 aromatic heterocycles. The summed E-state index contributed by atoms with van der Waals surface area (Å²) in [4.78, 5) is 2.37. The topological polar surface area (TPSA) is 43.7 Å². The Balaban J connectivity index is 1.84. The number of rotatable bonds is 3. The lowest BCUT2D eigenvalue weighted by atomic mass is 9.70. The van der Waals surface area contributed by atoms with Gasteiger partial charge in [-0.05, 0) is 44.6 Å². The normalized spacial score (nSPS) is 34.7. The smallest absolute Gasteiger partial charge is 0.106 e. The first-order valence-corrected chi connectivity index (χ1v) is 9.69. The van der Waals surface area contributed by atoms with Crippen molar-refractivity contribution in [3.05, 3.63) is 48.0 Å². The van der Waals surface area contributed by atoms with Crippen LogP contribution in [-0.2, 0) is 5.60 Å². The summed E-state index contributed by atoms with van der Waals surface area (Å²) in [6.45, 7) is 8.12. The van der Waals surface area contributed by atoms with E-state index in [1.807, 2.05) is 30.3 Å². The molecule has 1 aromatic rings. The third-order valence-corrected chi connectivity index (χ3v) is 6.51. The molecule has 1 saturated carbocycles. The number of hydrogen-bond acceptors (Lipinski definition) is 3. The highest BCUT2D eigenvalue weighted by atomic mass is 16.3. The second kappa shape index (κ2) is 7.22. The van der Waals surface area contributed by atoms with Gasteiger partial charge in [0.2, 0.25) is 0 Å². The van der Waals surface area contributed by atoms with Gasteiger partial charge in [0.15, 0.2) is 0 Å². The Bertz CT molecular complexity index is 597. The molecule has 2 aliphatic rings. The lowest BCUT2D eigenvalue weighted by molar-refractivity contribution is -0.0745. The highest BCUT2D eigenvalue weighted by Gasteiger charge is 2.44. The van der Waals surface area contributed by atoms with Crippen molar-refractivity contribution in [2.75, 3.05) is 13.1 Å². The van der Waals surface area contributed by atoms with Crippen molar-refractivity contribution < 1.29 is 10.2 Å². The molecule has 1 aliphatic heterocycles. The van der Waals surface area contributed by atoms with E-state index >= 15 is 0 Å². The van der Waals surface area contributed by atoms with E-state index in [9.17, 15) is 10.2 Å². The maximum Gasteiger partial charge on any atom is 0.106 e. The van der Waals surface area contributed by atoms with Crippen molar-refractivity contribution in [3.63, 3.8) is 0 Å². The van der Waals surface area contributed by atoms with E-state index < -0.39 is 5.60 Å². The Morgan fingerprint density at radius 2 is 1.84 bits per heavy atom. The lowest BCUT2D eigenvalue weighted by Crippen LogP contribution is -2.57. The molecule has 138 valence electrons. The predicted molar refractivity (Wildman–Crippen MR) is 102 cm³/mol. The Hall–Kier alpha value is -1.16. The van der Waals surface area contributed by atoms with Crippen molar-refractivity contribution in [1.82, 2.24) is 4.90 Å². The SMILES string of the molecule is C[C@@H]1CC[C@@H](C(C)(C)N2CC=CC[C@](O)(c3ccccc3)C2)[C@H](O)C1. The quantitative estimate of drug-likeness (QED) is 0.822. The van der Waals surface area contributed by atoms with Gasteiger partial charge in [0.25, 0.3) is 0 Å². The summed E-state index contributed by atoms with van der Waals surface area (Å²) in [5, 5.41) is 22.1. The first kappa shape index (κ1) is 18.6. The summed E-state index contributed by atoms with van der Waals surface area (Å²) in [6, 6.07) is 10.00. The van der Waals surface area contributed by atoms with Gasteiger partial charge in [-0.2, -0.15) is 0 Å². The first-order valence-electron chi connectivity index (χ1n) is 9.69. The van der Waals surface area contributed by atoms with Gasteiger partial charge in [-0.3, -0.25) is 4.90 Å². The molecule has 0 radical (unpaired) electrons. The van der Waals surface area contributed by atoms with E-state index in [1.165, 1.54) is 6.42 Å². The molecule has 2 N–H and O–H groups in total. The molecule has 4 atom stereocenters. The average Bonchev–Trinajstić information content (AvgIpc) is 2.79. The zero-order valence-corrected chi connectivity index (χ0v) is 15.9. The first-order chi connectivity index (χ1) is 11.8. The van der Waals surface area contributed by atoms with Crippen LogP contribution in [-0.4, -0.2) is 39.8 Å². The molecule has 1 aromatic carbocycles. The van der Waals surface area contributed by atoms with E-state index in [2.05, 4.69) is 37.8 Å². The molecular formula is C22H33NO2. The van der Waals surface area contributed by atoms with Gasteiger partial charge in [-0.15, -0.1) is 0 Å². The molecule has 25 heavy (non-hydrogen) atoms. The molecular weight excluding hydrogens is 310 g/mol. The number of nitrogens with zero attached hydrogens (tertiary/aromatic N) is 1. The maximum atomic E-state index is 11.4. The van der Waals surface area contributed by atoms with Crippen LogP contribution in [0.4, 0.5) is 0 Å². The minimum atomic E-state index is -0.877. The van der Waals surface area contributed by atoms with Crippen LogP contribution in [0, 0.1) is 11.8 Å². The fraction of sp³-hybridized carbons (Fsp3) is 0.636. The van der Waals surface area contributed by atoms with E-state index in [0.717, 1.165) is 24.9 Å². The van der Waals surface area contributed by atoms with Crippen LogP contribution in [0.2, 0.25) is 0 Å². The van der Waals surface area contributed by atoms with Crippen molar-refractivity contribution in [3.8, 4) is 0 Å². The van der Waals surface area contributed by atoms with Crippen LogP contribution in [0.1, 0.15) is 52.0 Å². The zero-order chi connectivity index (χ0) is 18.1. The fourth-order valence-electron chi connectivity index (χ4n) is 4.73. The Kier molecular flexibility index (Phi) is 5.38. The van der Waals surface area contributed by atoms with Crippen LogP contribution in [0.5, 0.6) is 0 Å². The number of aliphatic hydroxyl groups is 2. The van der Waals surface area contributed by atoms with Crippen LogP contribution in [0.3, 0.4) is 0 Å². The molecule has 3 heteroatoms. The number of hydrogen-bond donors (Lipinski definition) is 2. The molecule has 3 nitrogen and oxygen atoms in total. The van der Waals surface area contributed by atoms with Crippen LogP contribution < -0.4 is 0 Å². The molecule has 1 fully saturated rings. The summed E-state index contributed by atoms with van der Waals surface area (Å²) in [5.74, 6) is 0.850. The van der Waals surface area contributed by atoms with Crippen LogP contribution in [0.15, 0.2) is 42.5 Å². The van der Waals surface area contributed by atoms with Gasteiger partial charge in [0.1, 0.15) is 5.60 Å². The minimum Gasteiger partial charge on any atom is -0.393 e. The largest absolute Gasteiger partial charge is 0.393 e. The highest BCUT2D eigenvalue weighted by Crippen LogP contribution is 2.41. The summed E-state index contributed by atoms with van der Waals surface area (Å²) in [5.41, 5.74) is -0.0599. The van der Waals surface area contributed by atoms with Gasteiger partial charge in [-0.1, -0.05) is 55.8 Å². The number of benzene rings is 1. The van der Waals surface area contributed by atoms with Crippen molar-refractivity contribution in [2.45, 2.75) is 63.7 Å². The van der Waals surface area contributed by atoms with Gasteiger partial charge >= 0.3 is 0 Å². The summed E-state index contributed by atoms with van der Waals surface area (Å²) in [6.07, 6.45) is 7.77. The molecule has 0 saturated heterocycles. The summed E-state index contributed by atoms with van der Waals surface area (Å²) in [7, 11) is 0. The molecule has 1 aliphatic carbocycles. The predicted octanol–water partition coefficient (Wildman–Crippen LogP) is 3.71. The molecule has 0 bridgehead atoms. The Labute approximate surface area is 152 Å².